The number of hydrogen-bond acceptors (Lipinski definition) is 4. The standard InChI is InChI=1S/C12H16O2S2/c1-9(2)15-16-12-6-4-11(5-7-12)8-14-10(3)13/h4-7,9H,8H2,1-3H3. The molecule has 0 aliphatic carbocycles. The largest absolute Gasteiger partial charge is 0.461 e. The average Bonchev–Trinajstić information content (AvgIpc) is 2.25. The van der Waals surface area contributed by atoms with Crippen LogP contribution in [-0.4, -0.2) is 11.2 Å². The molecule has 0 bridgehead atoms. The molecule has 0 N–H and O–H groups in total. The minimum absolute atomic E-state index is 0.242. The van der Waals surface area contributed by atoms with Crippen molar-refractivity contribution in [3.8, 4) is 0 Å². The van der Waals surface area contributed by atoms with Crippen molar-refractivity contribution >= 4 is 27.6 Å². The summed E-state index contributed by atoms with van der Waals surface area (Å²) >= 11 is 0. The van der Waals surface area contributed by atoms with Crippen LogP contribution in [0.3, 0.4) is 0 Å². The van der Waals surface area contributed by atoms with Crippen molar-refractivity contribution in [1.82, 2.24) is 0 Å². The Morgan fingerprint density at radius 3 is 2.44 bits per heavy atom. The van der Waals surface area contributed by atoms with E-state index in [1.54, 1.807) is 10.8 Å². The van der Waals surface area contributed by atoms with Gasteiger partial charge in [-0.1, -0.05) is 47.6 Å². The number of ether oxygens (including phenoxy) is 1. The highest BCUT2D eigenvalue weighted by Gasteiger charge is 2.00. The molecule has 0 aromatic heterocycles. The summed E-state index contributed by atoms with van der Waals surface area (Å²) in [4.78, 5) is 11.9. The lowest BCUT2D eigenvalue weighted by Gasteiger charge is -2.05. The maximum atomic E-state index is 10.6. The first-order valence-corrected chi connectivity index (χ1v) is 7.35. The molecule has 2 nitrogen and oxygen atoms in total. The third kappa shape index (κ3) is 5.47. The van der Waals surface area contributed by atoms with Crippen LogP contribution >= 0.6 is 21.6 Å². The normalized spacial score (nSPS) is 10.5. The summed E-state index contributed by atoms with van der Waals surface area (Å²) < 4.78 is 4.92. The molecule has 88 valence electrons. The van der Waals surface area contributed by atoms with Crippen molar-refractivity contribution in [2.75, 3.05) is 0 Å². The van der Waals surface area contributed by atoms with Crippen LogP contribution in [-0.2, 0) is 16.1 Å². The van der Waals surface area contributed by atoms with Gasteiger partial charge in [0.15, 0.2) is 0 Å². The molecule has 4 heteroatoms. The Morgan fingerprint density at radius 1 is 1.31 bits per heavy atom. The number of esters is 1. The molecule has 1 aromatic rings. The molecule has 0 unspecified atom stereocenters. The average molecular weight is 256 g/mol. The van der Waals surface area contributed by atoms with Crippen LogP contribution in [0, 0.1) is 0 Å². The van der Waals surface area contributed by atoms with Crippen molar-refractivity contribution in [3.63, 3.8) is 0 Å². The second kappa shape index (κ2) is 6.86. The maximum absolute atomic E-state index is 10.6. The van der Waals surface area contributed by atoms with E-state index >= 15 is 0 Å². The van der Waals surface area contributed by atoms with Gasteiger partial charge in [-0.3, -0.25) is 4.79 Å². The number of rotatable bonds is 5. The summed E-state index contributed by atoms with van der Waals surface area (Å²) in [5, 5.41) is 0.616. The molecule has 0 aliphatic heterocycles. The molecule has 0 saturated carbocycles. The first-order chi connectivity index (χ1) is 7.58. The fraction of sp³-hybridized carbons (Fsp3) is 0.417. The molecule has 0 aliphatic rings. The van der Waals surface area contributed by atoms with Gasteiger partial charge in [-0.25, -0.2) is 0 Å². The summed E-state index contributed by atoms with van der Waals surface area (Å²) in [6.07, 6.45) is 0. The Bertz CT molecular complexity index is 333. The van der Waals surface area contributed by atoms with Crippen molar-refractivity contribution < 1.29 is 9.53 Å². The SMILES string of the molecule is CC(=O)OCc1ccc(SSC(C)C)cc1. The Hall–Kier alpha value is -0.610. The zero-order valence-corrected chi connectivity index (χ0v) is 11.4. The number of benzene rings is 1. The van der Waals surface area contributed by atoms with E-state index in [0.717, 1.165) is 5.56 Å². The second-order valence-corrected chi connectivity index (χ2v) is 6.50. The molecule has 0 radical (unpaired) electrons. The van der Waals surface area contributed by atoms with E-state index in [1.165, 1.54) is 11.8 Å². The van der Waals surface area contributed by atoms with Gasteiger partial charge in [-0.05, 0) is 17.7 Å². The number of carbonyl (C=O) groups excluding carboxylic acids is 1. The summed E-state index contributed by atoms with van der Waals surface area (Å²) in [6, 6.07) is 8.09. The Kier molecular flexibility index (Phi) is 5.77. The van der Waals surface area contributed by atoms with Gasteiger partial charge < -0.3 is 4.74 Å². The molecule has 16 heavy (non-hydrogen) atoms. The van der Waals surface area contributed by atoms with E-state index in [9.17, 15) is 4.79 Å². The molecule has 1 aromatic carbocycles. The van der Waals surface area contributed by atoms with Crippen molar-refractivity contribution in [3.05, 3.63) is 29.8 Å². The van der Waals surface area contributed by atoms with Gasteiger partial charge in [0.25, 0.3) is 0 Å². The predicted molar refractivity (Wildman–Crippen MR) is 70.5 cm³/mol. The van der Waals surface area contributed by atoms with Crippen LogP contribution in [0.1, 0.15) is 26.3 Å². The molecular weight excluding hydrogens is 240 g/mol. The lowest BCUT2D eigenvalue weighted by Crippen LogP contribution is -1.98. The van der Waals surface area contributed by atoms with Crippen molar-refractivity contribution in [2.45, 2.75) is 37.5 Å². The summed E-state index contributed by atoms with van der Waals surface area (Å²) in [6.45, 7) is 6.13. The molecule has 0 fully saturated rings. The molecule has 0 spiro atoms. The lowest BCUT2D eigenvalue weighted by atomic mass is 10.2. The Morgan fingerprint density at radius 2 is 1.94 bits per heavy atom. The van der Waals surface area contributed by atoms with E-state index < -0.39 is 0 Å². The smallest absolute Gasteiger partial charge is 0.302 e. The monoisotopic (exact) mass is 256 g/mol. The van der Waals surface area contributed by atoms with Gasteiger partial charge in [-0.15, -0.1) is 0 Å². The summed E-state index contributed by atoms with van der Waals surface area (Å²) in [7, 11) is 3.61. The van der Waals surface area contributed by atoms with Crippen LogP contribution in [0.4, 0.5) is 0 Å². The minimum atomic E-state index is -0.242. The lowest BCUT2D eigenvalue weighted by molar-refractivity contribution is -0.142. The predicted octanol–water partition coefficient (Wildman–Crippen LogP) is 3.90. The van der Waals surface area contributed by atoms with Crippen molar-refractivity contribution in [1.29, 1.82) is 0 Å². The number of hydrogen-bond donors (Lipinski definition) is 0. The van der Waals surface area contributed by atoms with E-state index in [0.29, 0.717) is 11.9 Å². The topological polar surface area (TPSA) is 26.3 Å². The minimum Gasteiger partial charge on any atom is -0.461 e. The van der Waals surface area contributed by atoms with Crippen LogP contribution in [0.2, 0.25) is 0 Å². The van der Waals surface area contributed by atoms with Crippen LogP contribution in [0.5, 0.6) is 0 Å². The van der Waals surface area contributed by atoms with Gasteiger partial charge >= 0.3 is 5.97 Å². The summed E-state index contributed by atoms with van der Waals surface area (Å²) in [5.74, 6) is -0.242. The molecule has 0 atom stereocenters. The molecule has 0 amide bonds. The Labute approximate surface area is 105 Å². The molecule has 0 heterocycles. The van der Waals surface area contributed by atoms with E-state index in [-0.39, 0.29) is 5.97 Å². The first-order valence-electron chi connectivity index (χ1n) is 5.13. The van der Waals surface area contributed by atoms with Gasteiger partial charge in [0.1, 0.15) is 6.61 Å². The van der Waals surface area contributed by atoms with E-state index in [1.807, 2.05) is 22.9 Å². The van der Waals surface area contributed by atoms with Gasteiger partial charge in [0.2, 0.25) is 0 Å². The van der Waals surface area contributed by atoms with Crippen LogP contribution < -0.4 is 0 Å². The fourth-order valence-corrected chi connectivity index (χ4v) is 2.77. The Balaban J connectivity index is 2.44. The zero-order chi connectivity index (χ0) is 12.0. The molecule has 1 rings (SSSR count). The van der Waals surface area contributed by atoms with E-state index in [2.05, 4.69) is 26.0 Å². The number of carbonyl (C=O) groups is 1. The van der Waals surface area contributed by atoms with Gasteiger partial charge in [-0.2, -0.15) is 0 Å². The van der Waals surface area contributed by atoms with Crippen LogP contribution in [0.15, 0.2) is 29.2 Å². The van der Waals surface area contributed by atoms with Gasteiger partial charge in [0, 0.05) is 17.1 Å². The quantitative estimate of drug-likeness (QED) is 0.589. The fourth-order valence-electron chi connectivity index (χ4n) is 0.978. The third-order valence-corrected chi connectivity index (χ3v) is 4.67. The molecular formula is C12H16O2S2. The molecule has 0 saturated heterocycles. The second-order valence-electron chi connectivity index (χ2n) is 3.65. The van der Waals surface area contributed by atoms with Crippen LogP contribution in [0.25, 0.3) is 0 Å². The van der Waals surface area contributed by atoms with Gasteiger partial charge in [0.05, 0.1) is 0 Å². The first kappa shape index (κ1) is 13.5. The highest BCUT2D eigenvalue weighted by molar-refractivity contribution is 8.76. The van der Waals surface area contributed by atoms with E-state index in [4.69, 9.17) is 4.74 Å². The third-order valence-electron chi connectivity index (χ3n) is 1.70. The highest BCUT2D eigenvalue weighted by Crippen LogP contribution is 2.34. The summed E-state index contributed by atoms with van der Waals surface area (Å²) in [5.41, 5.74) is 1.02. The zero-order valence-electron chi connectivity index (χ0n) is 9.73. The maximum Gasteiger partial charge on any atom is 0.302 e. The van der Waals surface area contributed by atoms with Crippen molar-refractivity contribution in [2.24, 2.45) is 0 Å². The highest BCUT2D eigenvalue weighted by atomic mass is 33.1.